The van der Waals surface area contributed by atoms with Gasteiger partial charge in [-0.1, -0.05) is 15.9 Å². The lowest BCUT2D eigenvalue weighted by atomic mass is 10.2. The molecule has 2 N–H and O–H groups in total. The highest BCUT2D eigenvalue weighted by molar-refractivity contribution is 9.11. The zero-order valence-electron chi connectivity index (χ0n) is 11.6. The largest absolute Gasteiger partial charge is 0.492 e. The van der Waals surface area contributed by atoms with Crippen LogP contribution in [0.1, 0.15) is 31.7 Å². The lowest BCUT2D eigenvalue weighted by Gasteiger charge is -2.13. The first kappa shape index (κ1) is 20.2. The van der Waals surface area contributed by atoms with E-state index in [0.29, 0.717) is 6.61 Å². The summed E-state index contributed by atoms with van der Waals surface area (Å²) in [5.74, 6) is 0.911. The first-order chi connectivity index (χ1) is 9.19. The molecular weight excluding hydrogens is 409 g/mol. The van der Waals surface area contributed by atoms with Crippen LogP contribution in [0.25, 0.3) is 0 Å². The van der Waals surface area contributed by atoms with Gasteiger partial charge in [0.05, 0.1) is 11.1 Å². The average Bonchev–Trinajstić information content (AvgIpc) is 2.37. The molecule has 0 atom stereocenters. The van der Waals surface area contributed by atoms with Crippen LogP contribution in [-0.4, -0.2) is 24.9 Å². The highest BCUT2D eigenvalue weighted by Crippen LogP contribution is 2.32. The summed E-state index contributed by atoms with van der Waals surface area (Å²) < 4.78 is 7.69. The molecule has 20 heavy (non-hydrogen) atoms. The fraction of sp³-hybridized carbons (Fsp3) is 0.571. The Morgan fingerprint density at radius 2 is 1.95 bits per heavy atom. The zero-order valence-corrected chi connectivity index (χ0v) is 15.6. The van der Waals surface area contributed by atoms with Gasteiger partial charge in [0.25, 0.3) is 0 Å². The Morgan fingerprint density at radius 3 is 2.60 bits per heavy atom. The Kier molecular flexibility index (Phi) is 11.9. The molecule has 6 heteroatoms. The monoisotopic (exact) mass is 429 g/mol. The van der Waals surface area contributed by atoms with Crippen LogP contribution in [0.4, 0.5) is 0 Å². The lowest BCUT2D eigenvalue weighted by Crippen LogP contribution is -2.15. The second-order valence-electron chi connectivity index (χ2n) is 4.27. The Labute approximate surface area is 144 Å². The number of nitrogens with one attached hydrogen (secondary N) is 1. The van der Waals surface area contributed by atoms with Crippen molar-refractivity contribution in [3.05, 3.63) is 26.6 Å². The predicted octanol–water partition coefficient (Wildman–Crippen LogP) is 4.28. The van der Waals surface area contributed by atoms with Gasteiger partial charge in [0.15, 0.2) is 0 Å². The van der Waals surface area contributed by atoms with E-state index < -0.39 is 0 Å². The van der Waals surface area contributed by atoms with Gasteiger partial charge in [-0.3, -0.25) is 0 Å². The molecule has 0 radical (unpaired) electrons. The SMILES string of the molecule is CCOc1c(Br)cc(Br)cc1CNCCCCCO.Cl. The third kappa shape index (κ3) is 7.27. The molecule has 0 spiro atoms. The molecule has 0 aliphatic rings. The van der Waals surface area contributed by atoms with Gasteiger partial charge in [-0.2, -0.15) is 0 Å². The Morgan fingerprint density at radius 1 is 1.20 bits per heavy atom. The van der Waals surface area contributed by atoms with Gasteiger partial charge in [0.1, 0.15) is 5.75 Å². The molecule has 116 valence electrons. The number of halogens is 3. The Bertz CT molecular complexity index is 392. The van der Waals surface area contributed by atoms with E-state index >= 15 is 0 Å². The third-order valence-corrected chi connectivity index (χ3v) is 3.75. The van der Waals surface area contributed by atoms with E-state index in [0.717, 1.165) is 52.6 Å². The first-order valence-corrected chi connectivity index (χ1v) is 8.20. The minimum Gasteiger partial charge on any atom is -0.492 e. The number of ether oxygens (including phenoxy) is 1. The maximum Gasteiger partial charge on any atom is 0.138 e. The molecule has 0 unspecified atom stereocenters. The number of hydrogen-bond donors (Lipinski definition) is 2. The molecule has 1 aromatic rings. The van der Waals surface area contributed by atoms with Crippen LogP contribution >= 0.6 is 44.3 Å². The summed E-state index contributed by atoms with van der Waals surface area (Å²) in [5.41, 5.74) is 1.14. The Hall–Kier alpha value is 0.190. The van der Waals surface area contributed by atoms with Gasteiger partial charge >= 0.3 is 0 Å². The van der Waals surface area contributed by atoms with Crippen LogP contribution < -0.4 is 10.1 Å². The zero-order chi connectivity index (χ0) is 14.1. The summed E-state index contributed by atoms with van der Waals surface area (Å²) in [6.07, 6.45) is 3.03. The summed E-state index contributed by atoms with van der Waals surface area (Å²) in [6.45, 7) is 4.67. The number of unbranched alkanes of at least 4 members (excludes halogenated alkanes) is 2. The van der Waals surface area contributed by atoms with Gasteiger partial charge in [-0.15, -0.1) is 12.4 Å². The topological polar surface area (TPSA) is 41.5 Å². The van der Waals surface area contributed by atoms with Gasteiger partial charge in [0, 0.05) is 23.2 Å². The lowest BCUT2D eigenvalue weighted by molar-refractivity contribution is 0.283. The van der Waals surface area contributed by atoms with Crippen LogP contribution in [0, 0.1) is 0 Å². The molecule has 0 aromatic heterocycles. The standard InChI is InChI=1S/C14H21Br2NO2.ClH/c1-2-19-14-11(8-12(15)9-13(14)16)10-17-6-4-3-5-7-18;/h8-9,17-18H,2-7,10H2,1H3;1H. The van der Waals surface area contributed by atoms with E-state index in [1.165, 1.54) is 0 Å². The molecule has 0 saturated carbocycles. The summed E-state index contributed by atoms with van der Waals surface area (Å²) in [7, 11) is 0. The van der Waals surface area contributed by atoms with Crippen molar-refractivity contribution in [3.63, 3.8) is 0 Å². The highest BCUT2D eigenvalue weighted by Gasteiger charge is 2.09. The molecule has 0 amide bonds. The fourth-order valence-electron chi connectivity index (χ4n) is 1.81. The van der Waals surface area contributed by atoms with Crippen molar-refractivity contribution in [3.8, 4) is 5.75 Å². The summed E-state index contributed by atoms with van der Waals surface area (Å²) in [4.78, 5) is 0. The number of benzene rings is 1. The van der Waals surface area contributed by atoms with Gasteiger partial charge in [-0.25, -0.2) is 0 Å². The minimum atomic E-state index is 0. The van der Waals surface area contributed by atoms with E-state index in [4.69, 9.17) is 9.84 Å². The van der Waals surface area contributed by atoms with Crippen molar-refractivity contribution < 1.29 is 9.84 Å². The highest BCUT2D eigenvalue weighted by atomic mass is 79.9. The molecule has 0 aliphatic heterocycles. The van der Waals surface area contributed by atoms with E-state index in [1.54, 1.807) is 0 Å². The number of hydrogen-bond acceptors (Lipinski definition) is 3. The summed E-state index contributed by atoms with van der Waals surface area (Å²) >= 11 is 7.03. The second-order valence-corrected chi connectivity index (χ2v) is 6.04. The normalized spacial score (nSPS) is 10.2. The average molecular weight is 432 g/mol. The van der Waals surface area contributed by atoms with Crippen molar-refractivity contribution in [2.45, 2.75) is 32.7 Å². The van der Waals surface area contributed by atoms with Crippen LogP contribution in [0.3, 0.4) is 0 Å². The van der Waals surface area contributed by atoms with Gasteiger partial charge in [-0.05, 0) is 60.8 Å². The number of aliphatic hydroxyl groups is 1. The van der Waals surface area contributed by atoms with Crippen LogP contribution in [-0.2, 0) is 6.54 Å². The van der Waals surface area contributed by atoms with E-state index in [9.17, 15) is 0 Å². The van der Waals surface area contributed by atoms with Crippen molar-refractivity contribution >= 4 is 44.3 Å². The quantitative estimate of drug-likeness (QED) is 0.574. The van der Waals surface area contributed by atoms with Crippen LogP contribution in [0.15, 0.2) is 21.1 Å². The van der Waals surface area contributed by atoms with E-state index in [-0.39, 0.29) is 19.0 Å². The van der Waals surface area contributed by atoms with Gasteiger partial charge in [0.2, 0.25) is 0 Å². The maximum absolute atomic E-state index is 8.71. The minimum absolute atomic E-state index is 0. The molecule has 0 fully saturated rings. The van der Waals surface area contributed by atoms with Crippen molar-refractivity contribution in [2.75, 3.05) is 19.8 Å². The summed E-state index contributed by atoms with van der Waals surface area (Å²) in [5, 5.41) is 12.1. The second kappa shape index (κ2) is 11.8. The molecule has 0 saturated heterocycles. The van der Waals surface area contributed by atoms with Gasteiger partial charge < -0.3 is 15.2 Å². The van der Waals surface area contributed by atoms with E-state index in [2.05, 4.69) is 43.2 Å². The maximum atomic E-state index is 8.71. The molecule has 1 aromatic carbocycles. The van der Waals surface area contributed by atoms with Crippen molar-refractivity contribution in [2.24, 2.45) is 0 Å². The van der Waals surface area contributed by atoms with Crippen molar-refractivity contribution in [1.29, 1.82) is 0 Å². The number of rotatable bonds is 9. The van der Waals surface area contributed by atoms with Crippen LogP contribution in [0.2, 0.25) is 0 Å². The molecule has 0 aliphatic carbocycles. The first-order valence-electron chi connectivity index (χ1n) is 6.61. The Balaban J connectivity index is 0.00000361. The van der Waals surface area contributed by atoms with Crippen molar-refractivity contribution in [1.82, 2.24) is 5.32 Å². The fourth-order valence-corrected chi connectivity index (χ4v) is 3.24. The third-order valence-electron chi connectivity index (χ3n) is 2.70. The molecule has 0 bridgehead atoms. The smallest absolute Gasteiger partial charge is 0.138 e. The predicted molar refractivity (Wildman–Crippen MR) is 92.9 cm³/mol. The molecular formula is C14H22Br2ClNO2. The molecule has 3 nitrogen and oxygen atoms in total. The van der Waals surface area contributed by atoms with E-state index in [1.807, 2.05) is 13.0 Å². The van der Waals surface area contributed by atoms with Crippen LogP contribution in [0.5, 0.6) is 5.75 Å². The number of aliphatic hydroxyl groups excluding tert-OH is 1. The molecule has 0 heterocycles. The summed E-state index contributed by atoms with van der Waals surface area (Å²) in [6, 6.07) is 4.08. The molecule has 1 rings (SSSR count).